The van der Waals surface area contributed by atoms with E-state index in [1.54, 1.807) is 0 Å². The maximum Gasteiger partial charge on any atom is 0.113 e. The lowest BCUT2D eigenvalue weighted by Crippen LogP contribution is -2.20. The Morgan fingerprint density at radius 1 is 1.42 bits per heavy atom. The van der Waals surface area contributed by atoms with E-state index >= 15 is 0 Å². The van der Waals surface area contributed by atoms with E-state index in [9.17, 15) is 0 Å². The first-order valence-corrected chi connectivity index (χ1v) is 4.69. The van der Waals surface area contributed by atoms with E-state index in [-0.39, 0.29) is 0 Å². The fourth-order valence-corrected chi connectivity index (χ4v) is 2.04. The molecule has 1 aromatic rings. The summed E-state index contributed by atoms with van der Waals surface area (Å²) in [6, 6.07) is 6.14. The summed E-state index contributed by atoms with van der Waals surface area (Å²) >= 11 is 0. The molecule has 0 spiro atoms. The minimum atomic E-state index is 0.850. The molecule has 0 amide bonds. The van der Waals surface area contributed by atoms with Gasteiger partial charge in [0.05, 0.1) is 0 Å². The fourth-order valence-electron chi connectivity index (χ4n) is 1.62. The third-order valence-corrected chi connectivity index (χ3v) is 2.80. The molecule has 0 aliphatic carbocycles. The Kier molecular flexibility index (Phi) is 2.10. The molecule has 1 aliphatic heterocycles. The summed E-state index contributed by atoms with van der Waals surface area (Å²) < 4.78 is 2.19. The van der Waals surface area contributed by atoms with Crippen molar-refractivity contribution in [2.75, 3.05) is 11.2 Å². The molecule has 2 radical (unpaired) electrons. The Balaban J connectivity index is 2.47. The standard InChI is InChI=1S/C9H11BNP/c10-8-4-3-7-2-1-5-11(12)9(7)6-8/h3-4,6H,1-2,5,12H2. The molecular formula is C9H11BNP. The molecular weight excluding hydrogens is 164 g/mol. The molecule has 60 valence electrons. The summed E-state index contributed by atoms with van der Waals surface area (Å²) in [5, 5.41) is 0. The molecule has 0 bridgehead atoms. The van der Waals surface area contributed by atoms with Crippen LogP contribution in [0.25, 0.3) is 0 Å². The minimum Gasteiger partial charge on any atom is -0.356 e. The number of fused-ring (bicyclic) bond motifs is 1. The van der Waals surface area contributed by atoms with Gasteiger partial charge in [0, 0.05) is 12.2 Å². The van der Waals surface area contributed by atoms with Gasteiger partial charge in [0.15, 0.2) is 0 Å². The van der Waals surface area contributed by atoms with Crippen molar-refractivity contribution in [2.24, 2.45) is 0 Å². The molecule has 12 heavy (non-hydrogen) atoms. The zero-order chi connectivity index (χ0) is 8.55. The van der Waals surface area contributed by atoms with Gasteiger partial charge in [-0.2, -0.15) is 0 Å². The molecule has 0 N–H and O–H groups in total. The Morgan fingerprint density at radius 3 is 3.08 bits per heavy atom. The zero-order valence-electron chi connectivity index (χ0n) is 6.96. The maximum absolute atomic E-state index is 5.71. The van der Waals surface area contributed by atoms with Crippen molar-refractivity contribution in [2.45, 2.75) is 12.8 Å². The van der Waals surface area contributed by atoms with E-state index in [2.05, 4.69) is 20.1 Å². The van der Waals surface area contributed by atoms with Gasteiger partial charge < -0.3 is 4.67 Å². The van der Waals surface area contributed by atoms with Crippen LogP contribution < -0.4 is 10.1 Å². The topological polar surface area (TPSA) is 3.24 Å². The highest BCUT2D eigenvalue weighted by molar-refractivity contribution is 7.19. The average molecular weight is 175 g/mol. The molecule has 0 aromatic heterocycles. The SMILES string of the molecule is [B]c1ccc2c(c1)N(P)CCC2. The smallest absolute Gasteiger partial charge is 0.113 e. The zero-order valence-corrected chi connectivity index (χ0v) is 8.11. The van der Waals surface area contributed by atoms with E-state index in [4.69, 9.17) is 7.85 Å². The third kappa shape index (κ3) is 1.36. The fraction of sp³-hybridized carbons (Fsp3) is 0.333. The second kappa shape index (κ2) is 3.10. The lowest BCUT2D eigenvalue weighted by atomic mass is 9.92. The summed E-state index contributed by atoms with van der Waals surface area (Å²) in [6.45, 7) is 1.11. The first-order chi connectivity index (χ1) is 5.77. The number of rotatable bonds is 0. The monoisotopic (exact) mass is 175 g/mol. The van der Waals surface area contributed by atoms with Gasteiger partial charge in [-0.05, 0) is 33.9 Å². The van der Waals surface area contributed by atoms with Crippen molar-refractivity contribution in [1.29, 1.82) is 0 Å². The highest BCUT2D eigenvalue weighted by Gasteiger charge is 2.12. The number of benzene rings is 1. The predicted octanol–water partition coefficient (Wildman–Crippen LogP) is 1.02. The van der Waals surface area contributed by atoms with Gasteiger partial charge in [-0.25, -0.2) is 0 Å². The van der Waals surface area contributed by atoms with Crippen LogP contribution in [0.1, 0.15) is 12.0 Å². The molecule has 1 aromatic carbocycles. The molecule has 1 atom stereocenters. The van der Waals surface area contributed by atoms with Gasteiger partial charge in [0.25, 0.3) is 0 Å². The van der Waals surface area contributed by atoms with Crippen molar-refractivity contribution >= 4 is 28.4 Å². The van der Waals surface area contributed by atoms with E-state index < -0.39 is 0 Å². The van der Waals surface area contributed by atoms with E-state index in [1.165, 1.54) is 24.1 Å². The molecule has 3 heteroatoms. The van der Waals surface area contributed by atoms with Crippen LogP contribution in [-0.2, 0) is 6.42 Å². The third-order valence-electron chi connectivity index (χ3n) is 2.26. The highest BCUT2D eigenvalue weighted by atomic mass is 31.0. The Hall–Kier alpha value is -0.485. The van der Waals surface area contributed by atoms with Crippen LogP contribution in [0.15, 0.2) is 18.2 Å². The molecule has 0 saturated heterocycles. The van der Waals surface area contributed by atoms with Crippen LogP contribution in [0.5, 0.6) is 0 Å². The first kappa shape index (κ1) is 8.13. The molecule has 0 saturated carbocycles. The lowest BCUT2D eigenvalue weighted by molar-refractivity contribution is 0.796. The molecule has 0 fully saturated rings. The van der Waals surface area contributed by atoms with E-state index in [1.807, 2.05) is 12.1 Å². The van der Waals surface area contributed by atoms with Crippen LogP contribution in [0.4, 0.5) is 5.69 Å². The second-order valence-electron chi connectivity index (χ2n) is 3.19. The van der Waals surface area contributed by atoms with Crippen molar-refractivity contribution < 1.29 is 0 Å². The second-order valence-corrected chi connectivity index (χ2v) is 3.81. The van der Waals surface area contributed by atoms with Gasteiger partial charge >= 0.3 is 0 Å². The number of hydrogen-bond acceptors (Lipinski definition) is 1. The van der Waals surface area contributed by atoms with Crippen LogP contribution in [0.3, 0.4) is 0 Å². The van der Waals surface area contributed by atoms with Gasteiger partial charge in [-0.1, -0.05) is 17.6 Å². The molecule has 1 aliphatic rings. The summed E-state index contributed by atoms with van der Waals surface area (Å²) in [7, 11) is 8.44. The van der Waals surface area contributed by atoms with Crippen LogP contribution in [0, 0.1) is 0 Å². The van der Waals surface area contributed by atoms with Crippen molar-refractivity contribution in [1.82, 2.24) is 0 Å². The van der Waals surface area contributed by atoms with Gasteiger partial charge in [0.1, 0.15) is 7.85 Å². The average Bonchev–Trinajstić information content (AvgIpc) is 2.07. The van der Waals surface area contributed by atoms with Gasteiger partial charge in [-0.3, -0.25) is 0 Å². The first-order valence-electron chi connectivity index (χ1n) is 4.18. The maximum atomic E-state index is 5.71. The van der Waals surface area contributed by atoms with E-state index in [0.717, 1.165) is 12.0 Å². The lowest BCUT2D eigenvalue weighted by Gasteiger charge is -2.27. The van der Waals surface area contributed by atoms with Crippen LogP contribution in [-0.4, -0.2) is 14.4 Å². The summed E-state index contributed by atoms with van der Waals surface area (Å²) in [5.74, 6) is 0. The summed E-state index contributed by atoms with van der Waals surface area (Å²) in [4.78, 5) is 0. The Labute approximate surface area is 76.8 Å². The number of nitrogens with zero attached hydrogens (tertiary/aromatic N) is 1. The van der Waals surface area contributed by atoms with E-state index in [0.29, 0.717) is 0 Å². The summed E-state index contributed by atoms with van der Waals surface area (Å²) in [5.41, 5.74) is 3.53. The quantitative estimate of drug-likeness (QED) is 0.420. The predicted molar refractivity (Wildman–Crippen MR) is 57.2 cm³/mol. The normalized spacial score (nSPS) is 15.9. The van der Waals surface area contributed by atoms with Crippen LogP contribution in [0.2, 0.25) is 0 Å². The minimum absolute atomic E-state index is 0.850. The Morgan fingerprint density at radius 2 is 2.25 bits per heavy atom. The van der Waals surface area contributed by atoms with Gasteiger partial charge in [0.2, 0.25) is 0 Å². The molecule has 2 rings (SSSR count). The largest absolute Gasteiger partial charge is 0.356 e. The van der Waals surface area contributed by atoms with Gasteiger partial charge in [-0.15, -0.1) is 0 Å². The molecule has 1 heterocycles. The summed E-state index contributed by atoms with van der Waals surface area (Å²) in [6.07, 6.45) is 2.42. The Bertz CT molecular complexity index is 301. The van der Waals surface area contributed by atoms with Crippen molar-refractivity contribution in [3.8, 4) is 0 Å². The van der Waals surface area contributed by atoms with Crippen molar-refractivity contribution in [3.63, 3.8) is 0 Å². The highest BCUT2D eigenvalue weighted by Crippen LogP contribution is 2.27. The van der Waals surface area contributed by atoms with Crippen molar-refractivity contribution in [3.05, 3.63) is 23.8 Å². The number of aryl methyl sites for hydroxylation is 1. The number of anilines is 1. The van der Waals surface area contributed by atoms with Crippen LogP contribution >= 0.6 is 9.39 Å². The number of hydrogen-bond donors (Lipinski definition) is 0. The molecule has 1 nitrogen and oxygen atoms in total. The molecule has 1 unspecified atom stereocenters.